The molecule has 0 fully saturated rings. The largest absolute Gasteiger partial charge is 0.395 e. The number of rotatable bonds is 13. The predicted octanol–water partition coefficient (Wildman–Crippen LogP) is 5.64. The minimum absolute atomic E-state index is 0.749. The zero-order valence-corrected chi connectivity index (χ0v) is 19.3. The Labute approximate surface area is 158 Å². The van der Waals surface area contributed by atoms with Crippen molar-refractivity contribution in [1.29, 1.82) is 0 Å². The van der Waals surface area contributed by atoms with Gasteiger partial charge in [0.15, 0.2) is 0 Å². The van der Waals surface area contributed by atoms with Gasteiger partial charge in [-0.2, -0.15) is 0 Å². The molecule has 0 aliphatic carbocycles. The monoisotopic (exact) mass is 381 g/mol. The van der Waals surface area contributed by atoms with E-state index in [-0.39, 0.29) is 0 Å². The summed E-state index contributed by atoms with van der Waals surface area (Å²) >= 11 is 0. The van der Waals surface area contributed by atoms with Crippen LogP contribution in [0.2, 0.25) is 30.7 Å². The molecular formula is C20H39NO2Si2. The van der Waals surface area contributed by atoms with Crippen LogP contribution in [0.4, 0.5) is 0 Å². The van der Waals surface area contributed by atoms with Crippen LogP contribution < -0.4 is 0 Å². The van der Waals surface area contributed by atoms with Crippen molar-refractivity contribution in [2.24, 2.45) is 0 Å². The maximum atomic E-state index is 6.09. The second-order valence-corrected chi connectivity index (χ2v) is 15.5. The lowest BCUT2D eigenvalue weighted by Crippen LogP contribution is -2.54. The van der Waals surface area contributed by atoms with E-state index < -0.39 is 16.8 Å². The molecule has 0 aliphatic heterocycles. The fraction of sp³-hybridized carbons (Fsp3) is 0.700. The molecule has 0 N–H and O–H groups in total. The quantitative estimate of drug-likeness (QED) is 0.413. The van der Waals surface area contributed by atoms with Gasteiger partial charge in [0.2, 0.25) is 0 Å². The van der Waals surface area contributed by atoms with Crippen molar-refractivity contribution in [2.75, 3.05) is 19.8 Å². The molecule has 0 amide bonds. The molecule has 144 valence electrons. The molecule has 0 unspecified atom stereocenters. The van der Waals surface area contributed by atoms with Crippen LogP contribution in [0.25, 0.3) is 0 Å². The molecule has 1 aromatic rings. The van der Waals surface area contributed by atoms with E-state index in [1.165, 1.54) is 23.7 Å². The second kappa shape index (κ2) is 11.3. The summed E-state index contributed by atoms with van der Waals surface area (Å²) in [5, 5.41) is 0. The summed E-state index contributed by atoms with van der Waals surface area (Å²) < 4.78 is 15.0. The van der Waals surface area contributed by atoms with Gasteiger partial charge in [0.25, 0.3) is 0 Å². The van der Waals surface area contributed by atoms with Crippen molar-refractivity contribution in [3.63, 3.8) is 0 Å². The lowest BCUT2D eigenvalue weighted by Gasteiger charge is -2.42. The lowest BCUT2D eigenvalue weighted by atomic mass is 10.2. The summed E-state index contributed by atoms with van der Waals surface area (Å²) in [6.07, 6.45) is 0. The Bertz CT molecular complexity index is 452. The number of hydrogen-bond donors (Lipinski definition) is 0. The Morgan fingerprint density at radius 2 is 1.36 bits per heavy atom. The van der Waals surface area contributed by atoms with Crippen LogP contribution in [0.5, 0.6) is 0 Å². The summed E-state index contributed by atoms with van der Waals surface area (Å²) in [6, 6.07) is 15.9. The fourth-order valence-electron chi connectivity index (χ4n) is 3.84. The molecule has 0 radical (unpaired) electrons. The summed E-state index contributed by atoms with van der Waals surface area (Å²) in [4.78, 5) is 0. The molecule has 0 saturated carbocycles. The molecule has 5 heteroatoms. The Morgan fingerprint density at radius 3 is 1.80 bits per heavy atom. The van der Waals surface area contributed by atoms with E-state index >= 15 is 0 Å². The minimum atomic E-state index is -2.07. The molecule has 25 heavy (non-hydrogen) atoms. The fourth-order valence-corrected chi connectivity index (χ4v) is 10.3. The summed E-state index contributed by atoms with van der Waals surface area (Å²) in [6.45, 7) is 17.2. The highest BCUT2D eigenvalue weighted by molar-refractivity contribution is 6.77. The van der Waals surface area contributed by atoms with Crippen molar-refractivity contribution in [3.05, 3.63) is 35.9 Å². The Hall–Kier alpha value is -0.466. The van der Waals surface area contributed by atoms with Gasteiger partial charge in [0.1, 0.15) is 8.24 Å². The SMILES string of the molecule is CCO[Si](C)(CCN(Cc1ccccc1)[Si](CC)(CC)CC)OCC. The molecule has 0 aliphatic rings. The standard InChI is InChI=1S/C20H39NO2Si2/c1-7-22-24(6,23-8-2)18-17-21(25(9-3,10-4)11-5)19-20-15-13-12-14-16-20/h12-16H,7-11,17-19H2,1-6H3. The molecule has 3 nitrogen and oxygen atoms in total. The normalized spacial score (nSPS) is 12.8. The van der Waals surface area contributed by atoms with Crippen molar-refractivity contribution < 1.29 is 8.85 Å². The molecule has 1 rings (SSSR count). The first-order valence-electron chi connectivity index (χ1n) is 10.1. The topological polar surface area (TPSA) is 21.7 Å². The van der Waals surface area contributed by atoms with Gasteiger partial charge >= 0.3 is 8.56 Å². The average Bonchev–Trinajstić information content (AvgIpc) is 2.62. The van der Waals surface area contributed by atoms with Gasteiger partial charge in [-0.3, -0.25) is 0 Å². The molecule has 0 aromatic heterocycles. The number of hydrogen-bond acceptors (Lipinski definition) is 3. The highest BCUT2D eigenvalue weighted by Crippen LogP contribution is 2.28. The van der Waals surface area contributed by atoms with Crippen molar-refractivity contribution >= 4 is 16.8 Å². The van der Waals surface area contributed by atoms with E-state index in [1.807, 2.05) is 0 Å². The van der Waals surface area contributed by atoms with E-state index in [0.717, 1.165) is 32.3 Å². The van der Waals surface area contributed by atoms with Crippen molar-refractivity contribution in [2.45, 2.75) is 71.9 Å². The van der Waals surface area contributed by atoms with E-state index in [1.54, 1.807) is 0 Å². The molecule has 1 aromatic carbocycles. The third kappa shape index (κ3) is 6.64. The molecule has 0 bridgehead atoms. The molecule has 0 atom stereocenters. The molecular weight excluding hydrogens is 342 g/mol. The van der Waals surface area contributed by atoms with Crippen molar-refractivity contribution in [3.8, 4) is 0 Å². The zero-order valence-electron chi connectivity index (χ0n) is 17.3. The van der Waals surface area contributed by atoms with Crippen LogP contribution >= 0.6 is 0 Å². The van der Waals surface area contributed by atoms with Gasteiger partial charge in [-0.05, 0) is 50.6 Å². The van der Waals surface area contributed by atoms with Gasteiger partial charge in [-0.25, -0.2) is 0 Å². The Kier molecular flexibility index (Phi) is 10.2. The third-order valence-corrected chi connectivity index (χ3v) is 14.2. The molecule has 0 saturated heterocycles. The van der Waals surface area contributed by atoms with E-state index in [4.69, 9.17) is 8.85 Å². The first-order valence-corrected chi connectivity index (χ1v) is 15.1. The van der Waals surface area contributed by atoms with E-state index in [0.29, 0.717) is 0 Å². The summed E-state index contributed by atoms with van der Waals surface area (Å²) in [7, 11) is -3.50. The lowest BCUT2D eigenvalue weighted by molar-refractivity contribution is 0.186. The minimum Gasteiger partial charge on any atom is -0.395 e. The van der Waals surface area contributed by atoms with Crippen LogP contribution in [0.3, 0.4) is 0 Å². The van der Waals surface area contributed by atoms with Gasteiger partial charge in [-0.1, -0.05) is 51.1 Å². The smallest absolute Gasteiger partial charge is 0.336 e. The predicted molar refractivity (Wildman–Crippen MR) is 114 cm³/mol. The maximum Gasteiger partial charge on any atom is 0.336 e. The third-order valence-electron chi connectivity index (χ3n) is 5.60. The zero-order chi connectivity index (χ0) is 18.8. The Balaban J connectivity index is 2.97. The Morgan fingerprint density at radius 1 is 0.840 bits per heavy atom. The van der Waals surface area contributed by atoms with Gasteiger partial charge < -0.3 is 13.4 Å². The first kappa shape index (κ1) is 22.6. The van der Waals surface area contributed by atoms with Crippen LogP contribution in [-0.2, 0) is 15.4 Å². The van der Waals surface area contributed by atoms with Crippen LogP contribution in [0, 0.1) is 0 Å². The highest BCUT2D eigenvalue weighted by Gasteiger charge is 2.38. The van der Waals surface area contributed by atoms with Crippen LogP contribution in [0.1, 0.15) is 40.2 Å². The maximum absolute atomic E-state index is 6.09. The highest BCUT2D eigenvalue weighted by atomic mass is 28.4. The second-order valence-electron chi connectivity index (χ2n) is 6.94. The molecule has 0 spiro atoms. The summed E-state index contributed by atoms with van der Waals surface area (Å²) in [5.74, 6) is 0. The van der Waals surface area contributed by atoms with Gasteiger partial charge in [0, 0.05) is 25.8 Å². The first-order chi connectivity index (χ1) is 12.0. The average molecular weight is 382 g/mol. The van der Waals surface area contributed by atoms with Crippen LogP contribution in [0.15, 0.2) is 30.3 Å². The number of benzene rings is 1. The van der Waals surface area contributed by atoms with Crippen molar-refractivity contribution in [1.82, 2.24) is 4.57 Å². The van der Waals surface area contributed by atoms with E-state index in [2.05, 4.69) is 76.1 Å². The van der Waals surface area contributed by atoms with Gasteiger partial charge in [-0.15, -0.1) is 0 Å². The van der Waals surface area contributed by atoms with Gasteiger partial charge in [0.05, 0.1) is 0 Å². The summed E-state index contributed by atoms with van der Waals surface area (Å²) in [5.41, 5.74) is 1.42. The van der Waals surface area contributed by atoms with E-state index in [9.17, 15) is 0 Å². The number of nitrogens with zero attached hydrogens (tertiary/aromatic N) is 1. The molecule has 0 heterocycles. The van der Waals surface area contributed by atoms with Crippen LogP contribution in [-0.4, -0.2) is 41.1 Å².